The molecular weight excluding hydrogens is 456 g/mol. The maximum Gasteiger partial charge on any atom is 0.187 e. The molecule has 9 heteroatoms. The molecule has 0 aliphatic carbocycles. The summed E-state index contributed by atoms with van der Waals surface area (Å²) in [5, 5.41) is 10.9. The van der Waals surface area contributed by atoms with Gasteiger partial charge in [-0.05, 0) is 37.3 Å². The lowest BCUT2D eigenvalue weighted by atomic mass is 10.1. The Labute approximate surface area is 207 Å². The predicted molar refractivity (Wildman–Crippen MR) is 141 cm³/mol. The normalized spacial score (nSPS) is 14.4. The van der Waals surface area contributed by atoms with Gasteiger partial charge in [0, 0.05) is 54.7 Å². The van der Waals surface area contributed by atoms with E-state index in [-0.39, 0.29) is 0 Å². The summed E-state index contributed by atoms with van der Waals surface area (Å²) in [5.41, 5.74) is 7.61. The smallest absolute Gasteiger partial charge is 0.187 e. The fourth-order valence-corrected chi connectivity index (χ4v) is 5.12. The van der Waals surface area contributed by atoms with Crippen molar-refractivity contribution in [2.45, 2.75) is 13.5 Å². The fraction of sp³-hybridized carbons (Fsp3) is 0.231. The largest absolute Gasteiger partial charge is 0.343 e. The Morgan fingerprint density at radius 2 is 1.97 bits per heavy atom. The van der Waals surface area contributed by atoms with Gasteiger partial charge in [0.25, 0.3) is 0 Å². The van der Waals surface area contributed by atoms with Gasteiger partial charge in [-0.3, -0.25) is 14.9 Å². The summed E-state index contributed by atoms with van der Waals surface area (Å²) in [6.07, 6.45) is 3.57. The zero-order chi connectivity index (χ0) is 23.6. The number of nitrogens with zero attached hydrogens (tertiary/aromatic N) is 5. The lowest BCUT2D eigenvalue weighted by Gasteiger charge is -2.26. The molecule has 1 aliphatic heterocycles. The third-order valence-corrected chi connectivity index (χ3v) is 6.94. The van der Waals surface area contributed by atoms with Crippen LogP contribution in [0.4, 0.5) is 10.8 Å². The molecule has 4 aromatic heterocycles. The highest BCUT2D eigenvalue weighted by molar-refractivity contribution is 7.13. The molecule has 0 radical (unpaired) electrons. The predicted octanol–water partition coefficient (Wildman–Crippen LogP) is 4.60. The third-order valence-electron chi connectivity index (χ3n) is 6.14. The van der Waals surface area contributed by atoms with Crippen LogP contribution in [0.15, 0.2) is 60.4 Å². The second kappa shape index (κ2) is 9.53. The van der Waals surface area contributed by atoms with Crippen molar-refractivity contribution in [2.75, 3.05) is 31.5 Å². The molecule has 0 atom stereocenters. The Bertz CT molecular complexity index is 1470. The number of nitrogens with one attached hydrogen (secondary N) is 3. The molecule has 0 spiro atoms. The van der Waals surface area contributed by atoms with E-state index in [1.165, 1.54) is 0 Å². The van der Waals surface area contributed by atoms with E-state index in [1.807, 2.05) is 37.4 Å². The molecule has 35 heavy (non-hydrogen) atoms. The molecular formula is C26H26N8S. The minimum Gasteiger partial charge on any atom is -0.343 e. The lowest BCUT2D eigenvalue weighted by Crippen LogP contribution is -2.42. The van der Waals surface area contributed by atoms with Crippen LogP contribution in [0.2, 0.25) is 0 Å². The van der Waals surface area contributed by atoms with E-state index >= 15 is 0 Å². The number of aryl methyl sites for hydroxylation is 1. The number of hydrogen-bond donors (Lipinski definition) is 3. The first kappa shape index (κ1) is 21.8. The summed E-state index contributed by atoms with van der Waals surface area (Å²) >= 11 is 1.63. The third kappa shape index (κ3) is 4.79. The Morgan fingerprint density at radius 3 is 2.86 bits per heavy atom. The second-order valence-corrected chi connectivity index (χ2v) is 9.58. The Kier molecular flexibility index (Phi) is 5.95. The number of imidazole rings is 1. The van der Waals surface area contributed by atoms with E-state index in [4.69, 9.17) is 4.98 Å². The van der Waals surface area contributed by atoms with E-state index in [2.05, 4.69) is 59.0 Å². The summed E-state index contributed by atoms with van der Waals surface area (Å²) in [5.74, 6) is 0. The summed E-state index contributed by atoms with van der Waals surface area (Å²) in [4.78, 5) is 24.4. The van der Waals surface area contributed by atoms with Crippen molar-refractivity contribution in [1.29, 1.82) is 0 Å². The van der Waals surface area contributed by atoms with Crippen molar-refractivity contribution in [3.63, 3.8) is 0 Å². The molecule has 1 saturated heterocycles. The molecule has 1 fully saturated rings. The molecule has 0 bridgehead atoms. The van der Waals surface area contributed by atoms with Crippen LogP contribution in [0.5, 0.6) is 0 Å². The first-order valence-corrected chi connectivity index (χ1v) is 12.6. The van der Waals surface area contributed by atoms with E-state index in [0.717, 1.165) is 88.5 Å². The van der Waals surface area contributed by atoms with Crippen molar-refractivity contribution in [1.82, 2.24) is 35.1 Å². The fourth-order valence-electron chi connectivity index (χ4n) is 4.40. The maximum absolute atomic E-state index is 4.79. The van der Waals surface area contributed by atoms with Crippen molar-refractivity contribution in [2.24, 2.45) is 0 Å². The van der Waals surface area contributed by atoms with Gasteiger partial charge in [0.2, 0.25) is 0 Å². The van der Waals surface area contributed by atoms with Crippen LogP contribution in [0, 0.1) is 6.92 Å². The van der Waals surface area contributed by atoms with E-state index in [1.54, 1.807) is 17.7 Å². The first-order chi connectivity index (χ1) is 17.2. The minimum absolute atomic E-state index is 0.876. The van der Waals surface area contributed by atoms with E-state index in [9.17, 15) is 0 Å². The number of anilines is 2. The summed E-state index contributed by atoms with van der Waals surface area (Å²) < 4.78 is 0. The molecule has 5 heterocycles. The van der Waals surface area contributed by atoms with E-state index < -0.39 is 0 Å². The summed E-state index contributed by atoms with van der Waals surface area (Å²) in [6.45, 7) is 7.10. The Hall–Kier alpha value is -3.66. The highest BCUT2D eigenvalue weighted by Gasteiger charge is 2.14. The number of benzene rings is 1. The molecule has 176 valence electrons. The zero-order valence-corrected chi connectivity index (χ0v) is 20.3. The Morgan fingerprint density at radius 1 is 1.06 bits per heavy atom. The number of aromatic nitrogens is 5. The van der Waals surface area contributed by atoms with Crippen molar-refractivity contribution in [3.8, 4) is 22.6 Å². The van der Waals surface area contributed by atoms with E-state index in [0.29, 0.717) is 0 Å². The van der Waals surface area contributed by atoms with Crippen LogP contribution >= 0.6 is 11.3 Å². The number of piperazine rings is 1. The second-order valence-electron chi connectivity index (χ2n) is 8.72. The van der Waals surface area contributed by atoms with Crippen LogP contribution in [0.1, 0.15) is 11.4 Å². The quantitative estimate of drug-likeness (QED) is 0.326. The molecule has 0 amide bonds. The molecule has 6 rings (SSSR count). The molecule has 0 saturated carbocycles. The van der Waals surface area contributed by atoms with Crippen LogP contribution in [-0.2, 0) is 6.54 Å². The monoisotopic (exact) mass is 482 g/mol. The number of H-pyrrole nitrogens is 1. The molecule has 3 N–H and O–H groups in total. The number of hydrogen-bond acceptors (Lipinski definition) is 8. The van der Waals surface area contributed by atoms with Gasteiger partial charge in [0.15, 0.2) is 5.13 Å². The van der Waals surface area contributed by atoms with Crippen molar-refractivity contribution < 1.29 is 0 Å². The molecule has 0 unspecified atom stereocenters. The average molecular weight is 483 g/mol. The van der Waals surface area contributed by atoms with Gasteiger partial charge in [-0.2, -0.15) is 0 Å². The zero-order valence-electron chi connectivity index (χ0n) is 19.5. The van der Waals surface area contributed by atoms with Gasteiger partial charge >= 0.3 is 0 Å². The Balaban J connectivity index is 1.24. The molecule has 1 aromatic carbocycles. The van der Waals surface area contributed by atoms with Gasteiger partial charge in [0.1, 0.15) is 0 Å². The van der Waals surface area contributed by atoms with Gasteiger partial charge in [-0.1, -0.05) is 12.1 Å². The highest BCUT2D eigenvalue weighted by atomic mass is 32.1. The van der Waals surface area contributed by atoms with Gasteiger partial charge < -0.3 is 15.6 Å². The topological polar surface area (TPSA) is 94.7 Å². The standard InChI is InChI=1S/C26H26N8S/c1-17-3-2-4-23(31-17)25-24(29-16-30-25)18-5-6-22-19(11-18)12-20(13-28-22)32-26-33-21(15-35-26)14-34-9-7-27-8-10-34/h2-6,11-13,15-16,27H,7-10,14H2,1H3,(H,29,30)(H,32,33). The van der Waals surface area contributed by atoms with Gasteiger partial charge in [-0.25, -0.2) is 9.97 Å². The highest BCUT2D eigenvalue weighted by Crippen LogP contribution is 2.31. The minimum atomic E-state index is 0.876. The van der Waals surface area contributed by atoms with Gasteiger partial charge in [-0.15, -0.1) is 11.3 Å². The number of fused-ring (bicyclic) bond motifs is 1. The molecule has 8 nitrogen and oxygen atoms in total. The average Bonchev–Trinajstić information content (AvgIpc) is 3.54. The number of pyridine rings is 2. The summed E-state index contributed by atoms with van der Waals surface area (Å²) in [6, 6.07) is 14.3. The lowest BCUT2D eigenvalue weighted by molar-refractivity contribution is 0.231. The van der Waals surface area contributed by atoms with Crippen LogP contribution in [0.3, 0.4) is 0 Å². The van der Waals surface area contributed by atoms with Gasteiger partial charge in [0.05, 0.1) is 46.5 Å². The maximum atomic E-state index is 4.79. The van der Waals surface area contributed by atoms with Crippen LogP contribution in [-0.4, -0.2) is 56.0 Å². The number of thiazole rings is 1. The SMILES string of the molecule is Cc1cccc(-c2[nH]cnc2-c2ccc3ncc(Nc4nc(CN5CCNCC5)cs4)cc3c2)n1. The molecule has 1 aliphatic rings. The van der Waals surface area contributed by atoms with Crippen LogP contribution in [0.25, 0.3) is 33.5 Å². The summed E-state index contributed by atoms with van der Waals surface area (Å²) in [7, 11) is 0. The first-order valence-electron chi connectivity index (χ1n) is 11.7. The van der Waals surface area contributed by atoms with Crippen molar-refractivity contribution in [3.05, 3.63) is 71.8 Å². The van der Waals surface area contributed by atoms with Crippen molar-refractivity contribution >= 4 is 33.1 Å². The number of aromatic amines is 1. The molecule has 5 aromatic rings. The number of rotatable bonds is 6. The van der Waals surface area contributed by atoms with Crippen LogP contribution < -0.4 is 10.6 Å².